The van der Waals surface area contributed by atoms with Crippen LogP contribution in [-0.4, -0.2) is 28.7 Å². The van der Waals surface area contributed by atoms with Gasteiger partial charge in [-0.15, -0.1) is 11.6 Å². The Bertz CT molecular complexity index is 301. The van der Waals surface area contributed by atoms with Crippen LogP contribution in [0, 0.1) is 0 Å². The number of halogens is 1. The summed E-state index contributed by atoms with van der Waals surface area (Å²) in [7, 11) is 0. The average Bonchev–Trinajstić information content (AvgIpc) is 2.59. The van der Waals surface area contributed by atoms with Gasteiger partial charge >= 0.3 is 0 Å². The first-order valence-corrected chi connectivity index (χ1v) is 4.68. The number of imidazole rings is 1. The lowest BCUT2D eigenvalue weighted by Gasteiger charge is -2.05. The second-order valence-corrected chi connectivity index (χ2v) is 3.00. The lowest BCUT2D eigenvalue weighted by atomic mass is 10.5. The minimum atomic E-state index is -0.465. The van der Waals surface area contributed by atoms with Gasteiger partial charge in [-0.2, -0.15) is 0 Å². The van der Waals surface area contributed by atoms with E-state index in [0.29, 0.717) is 19.0 Å². The minimum Gasteiger partial charge on any atom is -0.370 e. The summed E-state index contributed by atoms with van der Waals surface area (Å²) < 4.78 is 6.87. The highest BCUT2D eigenvalue weighted by atomic mass is 35.5. The SMILES string of the molecule is NC(=O)COCCn1cncc1CCl. The molecule has 1 aromatic heterocycles. The largest absolute Gasteiger partial charge is 0.370 e. The van der Waals surface area contributed by atoms with Crippen LogP contribution in [0.1, 0.15) is 5.69 Å². The zero-order valence-electron chi connectivity index (χ0n) is 7.65. The maximum atomic E-state index is 10.3. The molecule has 0 spiro atoms. The number of carbonyl (C=O) groups is 1. The molecule has 0 aliphatic heterocycles. The molecule has 5 nitrogen and oxygen atoms in total. The summed E-state index contributed by atoms with van der Waals surface area (Å²) in [6.45, 7) is 0.990. The Morgan fingerprint density at radius 1 is 1.71 bits per heavy atom. The third-order valence-corrected chi connectivity index (χ3v) is 1.93. The molecule has 0 aromatic carbocycles. The van der Waals surface area contributed by atoms with Crippen LogP contribution in [0.15, 0.2) is 12.5 Å². The molecule has 0 saturated heterocycles. The molecule has 1 rings (SSSR count). The number of hydrogen-bond acceptors (Lipinski definition) is 3. The van der Waals surface area contributed by atoms with Crippen LogP contribution < -0.4 is 5.73 Å². The highest BCUT2D eigenvalue weighted by molar-refractivity contribution is 6.16. The molecule has 0 bridgehead atoms. The number of aromatic nitrogens is 2. The molecule has 0 aliphatic rings. The van der Waals surface area contributed by atoms with Gasteiger partial charge in [-0.25, -0.2) is 4.98 Å². The quantitative estimate of drug-likeness (QED) is 0.544. The van der Waals surface area contributed by atoms with Crippen molar-refractivity contribution in [3.63, 3.8) is 0 Å². The van der Waals surface area contributed by atoms with E-state index < -0.39 is 5.91 Å². The smallest absolute Gasteiger partial charge is 0.243 e. The number of alkyl halides is 1. The average molecular weight is 218 g/mol. The topological polar surface area (TPSA) is 70.1 Å². The highest BCUT2D eigenvalue weighted by Crippen LogP contribution is 2.02. The summed E-state index contributed by atoms with van der Waals surface area (Å²) in [5.41, 5.74) is 5.83. The zero-order chi connectivity index (χ0) is 10.4. The third kappa shape index (κ3) is 3.35. The molecule has 1 aromatic rings. The standard InChI is InChI=1S/C8H12ClN3O2/c9-3-7-4-11-6-12(7)1-2-14-5-8(10)13/h4,6H,1-3,5H2,(H2,10,13). The van der Waals surface area contributed by atoms with Crippen molar-refractivity contribution in [1.29, 1.82) is 0 Å². The van der Waals surface area contributed by atoms with Gasteiger partial charge < -0.3 is 15.0 Å². The van der Waals surface area contributed by atoms with Gasteiger partial charge in [-0.1, -0.05) is 0 Å². The molecule has 0 unspecified atom stereocenters. The molecule has 0 atom stereocenters. The van der Waals surface area contributed by atoms with E-state index in [1.54, 1.807) is 12.5 Å². The Labute approximate surface area is 86.8 Å². The van der Waals surface area contributed by atoms with Crippen molar-refractivity contribution in [3.8, 4) is 0 Å². The van der Waals surface area contributed by atoms with Gasteiger partial charge in [0.05, 0.1) is 24.5 Å². The fourth-order valence-electron chi connectivity index (χ4n) is 0.996. The molecule has 1 heterocycles. The van der Waals surface area contributed by atoms with Gasteiger partial charge in [0.25, 0.3) is 0 Å². The Balaban J connectivity index is 2.27. The fourth-order valence-corrected chi connectivity index (χ4v) is 1.22. The predicted molar refractivity (Wildman–Crippen MR) is 51.8 cm³/mol. The molecular formula is C8H12ClN3O2. The lowest BCUT2D eigenvalue weighted by Crippen LogP contribution is -2.19. The zero-order valence-corrected chi connectivity index (χ0v) is 8.41. The van der Waals surface area contributed by atoms with Crippen molar-refractivity contribution < 1.29 is 9.53 Å². The number of nitrogens with two attached hydrogens (primary N) is 1. The highest BCUT2D eigenvalue weighted by Gasteiger charge is 2.00. The van der Waals surface area contributed by atoms with Crippen molar-refractivity contribution in [1.82, 2.24) is 9.55 Å². The number of rotatable bonds is 6. The second-order valence-electron chi connectivity index (χ2n) is 2.73. The van der Waals surface area contributed by atoms with Crippen LogP contribution in [0.25, 0.3) is 0 Å². The molecule has 0 radical (unpaired) electrons. The molecule has 0 aliphatic carbocycles. The number of nitrogens with zero attached hydrogens (tertiary/aromatic N) is 2. The van der Waals surface area contributed by atoms with Crippen molar-refractivity contribution in [2.75, 3.05) is 13.2 Å². The number of primary amides is 1. The molecule has 14 heavy (non-hydrogen) atoms. The van der Waals surface area contributed by atoms with Gasteiger partial charge in [0.2, 0.25) is 5.91 Å². The van der Waals surface area contributed by atoms with E-state index in [1.807, 2.05) is 4.57 Å². The maximum Gasteiger partial charge on any atom is 0.243 e. The predicted octanol–water partition coefficient (Wildman–Crippen LogP) is 0.124. The molecule has 78 valence electrons. The third-order valence-electron chi connectivity index (χ3n) is 1.66. The first-order chi connectivity index (χ1) is 6.74. The first-order valence-electron chi connectivity index (χ1n) is 4.15. The molecule has 6 heteroatoms. The monoisotopic (exact) mass is 217 g/mol. The Hall–Kier alpha value is -1.07. The number of carbonyl (C=O) groups excluding carboxylic acids is 1. The van der Waals surface area contributed by atoms with E-state index in [-0.39, 0.29) is 6.61 Å². The summed E-state index contributed by atoms with van der Waals surface area (Å²) in [6, 6.07) is 0. The van der Waals surface area contributed by atoms with Crippen molar-refractivity contribution in [2.24, 2.45) is 5.73 Å². The Kier molecular flexibility index (Phi) is 4.42. The van der Waals surface area contributed by atoms with Gasteiger partial charge in [-0.05, 0) is 0 Å². The molecule has 1 amide bonds. The van der Waals surface area contributed by atoms with Crippen LogP contribution in [0.4, 0.5) is 0 Å². The van der Waals surface area contributed by atoms with Gasteiger partial charge in [-0.3, -0.25) is 4.79 Å². The molecule has 0 saturated carbocycles. The van der Waals surface area contributed by atoms with Crippen LogP contribution in [-0.2, 0) is 22.0 Å². The summed E-state index contributed by atoms with van der Waals surface area (Å²) in [6.07, 6.45) is 3.37. The van der Waals surface area contributed by atoms with E-state index >= 15 is 0 Å². The van der Waals surface area contributed by atoms with E-state index in [1.165, 1.54) is 0 Å². The number of hydrogen-bond donors (Lipinski definition) is 1. The summed E-state index contributed by atoms with van der Waals surface area (Å²) >= 11 is 5.66. The van der Waals surface area contributed by atoms with Gasteiger partial charge in [0.1, 0.15) is 6.61 Å². The number of amides is 1. The maximum absolute atomic E-state index is 10.3. The fraction of sp³-hybridized carbons (Fsp3) is 0.500. The lowest BCUT2D eigenvalue weighted by molar-refractivity contribution is -0.122. The van der Waals surface area contributed by atoms with Crippen molar-refractivity contribution in [2.45, 2.75) is 12.4 Å². The van der Waals surface area contributed by atoms with Crippen LogP contribution in [0.2, 0.25) is 0 Å². The minimum absolute atomic E-state index is 0.0507. The van der Waals surface area contributed by atoms with Crippen molar-refractivity contribution >= 4 is 17.5 Å². The normalized spacial score (nSPS) is 10.4. The molecule has 2 N–H and O–H groups in total. The van der Waals surface area contributed by atoms with Crippen LogP contribution >= 0.6 is 11.6 Å². The number of ether oxygens (including phenoxy) is 1. The van der Waals surface area contributed by atoms with Gasteiger partial charge in [0, 0.05) is 12.7 Å². The van der Waals surface area contributed by atoms with E-state index in [9.17, 15) is 4.79 Å². The van der Waals surface area contributed by atoms with Gasteiger partial charge in [0.15, 0.2) is 0 Å². The Morgan fingerprint density at radius 3 is 3.14 bits per heavy atom. The van der Waals surface area contributed by atoms with E-state index in [0.717, 1.165) is 5.69 Å². The van der Waals surface area contributed by atoms with E-state index in [2.05, 4.69) is 4.98 Å². The molecule has 0 fully saturated rings. The summed E-state index contributed by atoms with van der Waals surface area (Å²) in [5, 5.41) is 0. The summed E-state index contributed by atoms with van der Waals surface area (Å²) in [5.74, 6) is -0.0521. The van der Waals surface area contributed by atoms with Crippen LogP contribution in [0.3, 0.4) is 0 Å². The first kappa shape index (κ1) is 11.0. The van der Waals surface area contributed by atoms with E-state index in [4.69, 9.17) is 22.1 Å². The molecular weight excluding hydrogens is 206 g/mol. The second kappa shape index (κ2) is 5.62. The van der Waals surface area contributed by atoms with Crippen LogP contribution in [0.5, 0.6) is 0 Å². The summed E-state index contributed by atoms with van der Waals surface area (Å²) in [4.78, 5) is 14.3. The van der Waals surface area contributed by atoms with Crippen molar-refractivity contribution in [3.05, 3.63) is 18.2 Å². The Morgan fingerprint density at radius 2 is 2.50 bits per heavy atom.